The van der Waals surface area contributed by atoms with Crippen LogP contribution in [-0.2, 0) is 4.79 Å². The van der Waals surface area contributed by atoms with Crippen LogP contribution in [0.1, 0.15) is 80.8 Å². The number of rotatable bonds is 5. The molecule has 0 unspecified atom stereocenters. The molecule has 7 heteroatoms. The number of hydrogen-bond donors (Lipinski definition) is 0. The van der Waals surface area contributed by atoms with Gasteiger partial charge in [0.05, 0.1) is 13.0 Å². The summed E-state index contributed by atoms with van der Waals surface area (Å²) < 4.78 is 67.8. The van der Waals surface area contributed by atoms with Crippen LogP contribution in [0.3, 0.4) is 0 Å². The number of methoxy groups -OCH3 is 1. The summed E-state index contributed by atoms with van der Waals surface area (Å²) in [6.07, 6.45) is 6.46. The SMILES string of the molecule is COc1ccc(C2CCC(C(=O)Oc3ccc(C4CCCCC4)c(F)c3F)CC2)c(F)c1F. The van der Waals surface area contributed by atoms with Crippen LogP contribution < -0.4 is 9.47 Å². The molecule has 2 aromatic carbocycles. The van der Waals surface area contributed by atoms with Crippen molar-refractivity contribution in [1.82, 2.24) is 0 Å². The number of hydrogen-bond acceptors (Lipinski definition) is 3. The van der Waals surface area contributed by atoms with Crippen LogP contribution in [0.25, 0.3) is 0 Å². The second kappa shape index (κ2) is 10.1. The lowest BCUT2D eigenvalue weighted by molar-refractivity contribution is -0.140. The molecule has 3 nitrogen and oxygen atoms in total. The van der Waals surface area contributed by atoms with E-state index in [1.807, 2.05) is 0 Å². The molecule has 0 aliphatic heterocycles. The van der Waals surface area contributed by atoms with Crippen LogP contribution >= 0.6 is 0 Å². The van der Waals surface area contributed by atoms with Crippen molar-refractivity contribution in [3.63, 3.8) is 0 Å². The largest absolute Gasteiger partial charge is 0.494 e. The van der Waals surface area contributed by atoms with Gasteiger partial charge in [-0.2, -0.15) is 8.78 Å². The Morgan fingerprint density at radius 2 is 1.21 bits per heavy atom. The Bertz CT molecular complexity index is 1010. The number of esters is 1. The fourth-order valence-electron chi connectivity index (χ4n) is 5.21. The van der Waals surface area contributed by atoms with E-state index in [1.54, 1.807) is 0 Å². The summed E-state index contributed by atoms with van der Waals surface area (Å²) in [6.45, 7) is 0. The monoisotopic (exact) mass is 464 g/mol. The first-order chi connectivity index (χ1) is 15.9. The third kappa shape index (κ3) is 4.87. The average molecular weight is 464 g/mol. The number of benzene rings is 2. The summed E-state index contributed by atoms with van der Waals surface area (Å²) in [5.41, 5.74) is 0.604. The molecule has 0 amide bonds. The molecule has 0 aromatic heterocycles. The van der Waals surface area contributed by atoms with Crippen LogP contribution in [0.5, 0.6) is 11.5 Å². The van der Waals surface area contributed by atoms with Crippen LogP contribution in [0, 0.1) is 29.2 Å². The maximum atomic E-state index is 14.7. The highest BCUT2D eigenvalue weighted by molar-refractivity contribution is 5.75. The predicted octanol–water partition coefficient (Wildman–Crippen LogP) is 7.18. The number of carbonyl (C=O) groups excluding carboxylic acids is 1. The molecule has 0 spiro atoms. The van der Waals surface area contributed by atoms with Crippen LogP contribution in [-0.4, -0.2) is 13.1 Å². The van der Waals surface area contributed by atoms with Crippen molar-refractivity contribution in [3.05, 3.63) is 58.7 Å². The van der Waals surface area contributed by atoms with Gasteiger partial charge in [-0.3, -0.25) is 4.79 Å². The van der Waals surface area contributed by atoms with Crippen molar-refractivity contribution in [3.8, 4) is 11.5 Å². The van der Waals surface area contributed by atoms with Crippen molar-refractivity contribution < 1.29 is 31.8 Å². The minimum Gasteiger partial charge on any atom is -0.494 e. The van der Waals surface area contributed by atoms with Gasteiger partial charge in [-0.15, -0.1) is 0 Å². The third-order valence-corrected chi connectivity index (χ3v) is 7.13. The Hall–Kier alpha value is -2.57. The normalized spacial score (nSPS) is 21.6. The maximum absolute atomic E-state index is 14.7. The molecule has 0 N–H and O–H groups in total. The number of ether oxygens (including phenoxy) is 2. The minimum atomic E-state index is -1.13. The van der Waals surface area contributed by atoms with Gasteiger partial charge in [0, 0.05) is 0 Å². The summed E-state index contributed by atoms with van der Waals surface area (Å²) in [5.74, 6) is -5.95. The Labute approximate surface area is 191 Å². The maximum Gasteiger partial charge on any atom is 0.314 e. The highest BCUT2D eigenvalue weighted by atomic mass is 19.2. The van der Waals surface area contributed by atoms with Crippen molar-refractivity contribution in [1.29, 1.82) is 0 Å². The van der Waals surface area contributed by atoms with E-state index in [-0.39, 0.29) is 23.1 Å². The van der Waals surface area contributed by atoms with E-state index in [4.69, 9.17) is 9.47 Å². The molecule has 0 heterocycles. The summed E-state index contributed by atoms with van der Waals surface area (Å²) in [5, 5.41) is 0. The van der Waals surface area contributed by atoms with E-state index >= 15 is 0 Å². The standard InChI is InChI=1S/C26H28F4O3/c1-32-20-13-11-19(22(27)24(20)29)16-7-9-17(10-8-16)26(31)33-21-14-12-18(23(28)25(21)30)15-5-3-2-4-6-15/h11-17H,2-10H2,1H3. The zero-order valence-corrected chi connectivity index (χ0v) is 18.6. The second-order valence-corrected chi connectivity index (χ2v) is 9.07. The van der Waals surface area contributed by atoms with E-state index in [2.05, 4.69) is 0 Å². The summed E-state index contributed by atoms with van der Waals surface area (Å²) >= 11 is 0. The molecule has 178 valence electrons. The van der Waals surface area contributed by atoms with Gasteiger partial charge < -0.3 is 9.47 Å². The molecule has 2 aliphatic rings. The van der Waals surface area contributed by atoms with Crippen molar-refractivity contribution in [2.45, 2.75) is 69.6 Å². The molecule has 33 heavy (non-hydrogen) atoms. The Balaban J connectivity index is 1.39. The minimum absolute atomic E-state index is 0.00327. The molecule has 2 saturated carbocycles. The molecular formula is C26H28F4O3. The smallest absolute Gasteiger partial charge is 0.314 e. The fraction of sp³-hybridized carbons (Fsp3) is 0.500. The van der Waals surface area contributed by atoms with Gasteiger partial charge in [-0.05, 0) is 73.6 Å². The first-order valence-electron chi connectivity index (χ1n) is 11.6. The van der Waals surface area contributed by atoms with E-state index in [1.165, 1.54) is 31.4 Å². The van der Waals surface area contributed by atoms with E-state index in [9.17, 15) is 22.4 Å². The molecule has 2 aliphatic carbocycles. The third-order valence-electron chi connectivity index (χ3n) is 7.13. The van der Waals surface area contributed by atoms with Crippen molar-refractivity contribution >= 4 is 5.97 Å². The lowest BCUT2D eigenvalue weighted by atomic mass is 9.78. The van der Waals surface area contributed by atoms with E-state index in [0.717, 1.165) is 32.1 Å². The van der Waals surface area contributed by atoms with Gasteiger partial charge >= 0.3 is 5.97 Å². The zero-order chi connectivity index (χ0) is 23.5. The van der Waals surface area contributed by atoms with E-state index < -0.39 is 40.9 Å². The van der Waals surface area contributed by atoms with Gasteiger partial charge in [-0.1, -0.05) is 31.4 Å². The van der Waals surface area contributed by atoms with Crippen LogP contribution in [0.4, 0.5) is 17.6 Å². The summed E-state index contributed by atoms with van der Waals surface area (Å²) in [4.78, 5) is 12.6. The molecule has 2 aromatic rings. The summed E-state index contributed by atoms with van der Waals surface area (Å²) in [7, 11) is 1.27. The average Bonchev–Trinajstić information content (AvgIpc) is 2.84. The Morgan fingerprint density at radius 3 is 1.79 bits per heavy atom. The highest BCUT2D eigenvalue weighted by Gasteiger charge is 2.32. The number of carbonyl (C=O) groups is 1. The lowest BCUT2D eigenvalue weighted by Gasteiger charge is -2.28. The van der Waals surface area contributed by atoms with Gasteiger partial charge in [0.2, 0.25) is 11.6 Å². The lowest BCUT2D eigenvalue weighted by Crippen LogP contribution is -2.26. The Kier molecular flexibility index (Phi) is 7.25. The van der Waals surface area contributed by atoms with Crippen molar-refractivity contribution in [2.75, 3.05) is 7.11 Å². The van der Waals surface area contributed by atoms with Gasteiger partial charge in [-0.25, -0.2) is 8.78 Å². The molecule has 0 bridgehead atoms. The first-order valence-corrected chi connectivity index (χ1v) is 11.6. The fourth-order valence-corrected chi connectivity index (χ4v) is 5.21. The molecule has 4 rings (SSSR count). The molecule has 0 atom stereocenters. The first kappa shape index (κ1) is 23.6. The molecule has 2 fully saturated rings. The zero-order valence-electron chi connectivity index (χ0n) is 18.6. The van der Waals surface area contributed by atoms with E-state index in [0.29, 0.717) is 31.2 Å². The van der Waals surface area contributed by atoms with Gasteiger partial charge in [0.1, 0.15) is 0 Å². The summed E-state index contributed by atoms with van der Waals surface area (Å²) in [6, 6.07) is 5.76. The molecule has 0 saturated heterocycles. The predicted molar refractivity (Wildman–Crippen MR) is 115 cm³/mol. The Morgan fingerprint density at radius 1 is 0.697 bits per heavy atom. The van der Waals surface area contributed by atoms with Crippen LogP contribution in [0.15, 0.2) is 24.3 Å². The van der Waals surface area contributed by atoms with Crippen molar-refractivity contribution in [2.24, 2.45) is 5.92 Å². The quantitative estimate of drug-likeness (QED) is 0.267. The second-order valence-electron chi connectivity index (χ2n) is 9.07. The van der Waals surface area contributed by atoms with Gasteiger partial charge in [0.15, 0.2) is 23.1 Å². The number of halogens is 4. The molecular weight excluding hydrogens is 436 g/mol. The highest BCUT2D eigenvalue weighted by Crippen LogP contribution is 2.40. The van der Waals surface area contributed by atoms with Gasteiger partial charge in [0.25, 0.3) is 0 Å². The van der Waals surface area contributed by atoms with Crippen LogP contribution in [0.2, 0.25) is 0 Å². The topological polar surface area (TPSA) is 35.5 Å². The molecule has 0 radical (unpaired) electrons.